The number of anilines is 1. The van der Waals surface area contributed by atoms with Crippen LogP contribution in [0.15, 0.2) is 48.5 Å². The van der Waals surface area contributed by atoms with Gasteiger partial charge < -0.3 is 14.7 Å². The van der Waals surface area contributed by atoms with Crippen LogP contribution in [0, 0.1) is 6.92 Å². The van der Waals surface area contributed by atoms with E-state index in [0.717, 1.165) is 17.7 Å². The Bertz CT molecular complexity index is 920. The molecule has 0 saturated carbocycles. The summed E-state index contributed by atoms with van der Waals surface area (Å²) in [5, 5.41) is 0. The summed E-state index contributed by atoms with van der Waals surface area (Å²) in [7, 11) is 3.93. The van der Waals surface area contributed by atoms with Crippen molar-refractivity contribution in [1.82, 2.24) is 9.80 Å². The van der Waals surface area contributed by atoms with Gasteiger partial charge in [-0.05, 0) is 37.6 Å². The molecule has 0 bridgehead atoms. The van der Waals surface area contributed by atoms with E-state index in [4.69, 9.17) is 0 Å². The molecule has 1 aliphatic rings. The Kier molecular flexibility index (Phi) is 7.45. The molecule has 0 N–H and O–H groups in total. The fourth-order valence-electron chi connectivity index (χ4n) is 3.72. The van der Waals surface area contributed by atoms with Crippen LogP contribution in [0.2, 0.25) is 0 Å². The number of hydrogen-bond acceptors (Lipinski definition) is 4. The summed E-state index contributed by atoms with van der Waals surface area (Å²) < 4.78 is 0. The highest BCUT2D eigenvalue weighted by atomic mass is 16.2. The minimum absolute atomic E-state index is 0.00541. The maximum Gasteiger partial charge on any atom is 0.253 e. The maximum absolute atomic E-state index is 12.9. The minimum atomic E-state index is -0.0231. The predicted octanol–water partition coefficient (Wildman–Crippen LogP) is 3.40. The van der Waals surface area contributed by atoms with Crippen molar-refractivity contribution in [3.63, 3.8) is 0 Å². The van der Waals surface area contributed by atoms with Crippen molar-refractivity contribution in [3.05, 3.63) is 65.2 Å². The predicted molar refractivity (Wildman–Crippen MR) is 123 cm³/mol. The Labute approximate surface area is 184 Å². The van der Waals surface area contributed by atoms with Crippen molar-refractivity contribution in [2.24, 2.45) is 0 Å². The van der Waals surface area contributed by atoms with E-state index in [-0.39, 0.29) is 30.4 Å². The molecule has 31 heavy (non-hydrogen) atoms. The van der Waals surface area contributed by atoms with Crippen molar-refractivity contribution in [2.45, 2.75) is 26.2 Å². The Balaban J connectivity index is 1.51. The zero-order valence-corrected chi connectivity index (χ0v) is 18.6. The second-order valence-corrected chi connectivity index (χ2v) is 8.26. The van der Waals surface area contributed by atoms with Gasteiger partial charge in [-0.2, -0.15) is 0 Å². The minimum Gasteiger partial charge on any atom is -0.378 e. The van der Waals surface area contributed by atoms with E-state index >= 15 is 0 Å². The van der Waals surface area contributed by atoms with Crippen LogP contribution >= 0.6 is 0 Å². The third kappa shape index (κ3) is 5.94. The quantitative estimate of drug-likeness (QED) is 0.671. The Hall–Kier alpha value is -3.15. The number of nitrogens with zero attached hydrogens (tertiary/aromatic N) is 3. The summed E-state index contributed by atoms with van der Waals surface area (Å²) in [4.78, 5) is 43.5. The monoisotopic (exact) mass is 421 g/mol. The lowest BCUT2D eigenvalue weighted by molar-refractivity contribution is -0.131. The fraction of sp³-hybridized carbons (Fsp3) is 0.400. The molecular formula is C25H31N3O3. The van der Waals surface area contributed by atoms with E-state index in [0.29, 0.717) is 37.3 Å². The average Bonchev–Trinajstić information content (AvgIpc) is 3.03. The van der Waals surface area contributed by atoms with E-state index in [1.165, 1.54) is 0 Å². The molecule has 0 aromatic heterocycles. The number of amides is 2. The van der Waals surface area contributed by atoms with Crippen LogP contribution in [-0.2, 0) is 4.79 Å². The van der Waals surface area contributed by atoms with Crippen LogP contribution < -0.4 is 4.90 Å². The van der Waals surface area contributed by atoms with Crippen LogP contribution in [0.1, 0.15) is 45.5 Å². The smallest absolute Gasteiger partial charge is 0.253 e. The first-order valence-electron chi connectivity index (χ1n) is 10.8. The van der Waals surface area contributed by atoms with Gasteiger partial charge in [-0.15, -0.1) is 0 Å². The Morgan fingerprint density at radius 1 is 0.774 bits per heavy atom. The molecule has 1 saturated heterocycles. The lowest BCUT2D eigenvalue weighted by Crippen LogP contribution is -2.37. The standard InChI is InChI=1S/C25H31N3O3/c1-19-5-7-20(8-6-19)23(29)13-14-24(30)27-15-4-16-28(18-17-27)25(31)21-9-11-22(12-10-21)26(2)3/h5-12H,4,13-18H2,1-3H3. The lowest BCUT2D eigenvalue weighted by atomic mass is 10.0. The average molecular weight is 422 g/mol. The number of carbonyl (C=O) groups excluding carboxylic acids is 3. The number of ketones is 1. The van der Waals surface area contributed by atoms with Crippen LogP contribution in [0.3, 0.4) is 0 Å². The molecule has 6 nitrogen and oxygen atoms in total. The van der Waals surface area contributed by atoms with Crippen LogP contribution in [0.25, 0.3) is 0 Å². The molecule has 1 heterocycles. The molecule has 0 spiro atoms. The molecule has 3 rings (SSSR count). The van der Waals surface area contributed by atoms with Gasteiger partial charge >= 0.3 is 0 Å². The van der Waals surface area contributed by atoms with Crippen LogP contribution in [-0.4, -0.2) is 67.7 Å². The number of hydrogen-bond donors (Lipinski definition) is 0. The Morgan fingerprint density at radius 3 is 2.00 bits per heavy atom. The maximum atomic E-state index is 12.9. The third-order valence-electron chi connectivity index (χ3n) is 5.71. The summed E-state index contributed by atoms with van der Waals surface area (Å²) in [5.74, 6) is -0.0413. The molecule has 1 fully saturated rings. The topological polar surface area (TPSA) is 60.9 Å². The van der Waals surface area contributed by atoms with Crippen LogP contribution in [0.5, 0.6) is 0 Å². The number of aryl methyl sites for hydroxylation is 1. The number of carbonyl (C=O) groups is 3. The zero-order valence-electron chi connectivity index (χ0n) is 18.6. The van der Waals surface area contributed by atoms with Gasteiger partial charge in [0.05, 0.1) is 0 Å². The highest BCUT2D eigenvalue weighted by molar-refractivity contribution is 5.98. The molecule has 1 aliphatic heterocycles. The highest BCUT2D eigenvalue weighted by Gasteiger charge is 2.23. The van der Waals surface area contributed by atoms with Gasteiger partial charge in [0.25, 0.3) is 5.91 Å². The SMILES string of the molecule is Cc1ccc(C(=O)CCC(=O)N2CCCN(C(=O)c3ccc(N(C)C)cc3)CC2)cc1. The van der Waals surface area contributed by atoms with E-state index in [9.17, 15) is 14.4 Å². The summed E-state index contributed by atoms with van der Waals surface area (Å²) in [6.07, 6.45) is 1.14. The molecule has 2 aromatic rings. The molecule has 2 amide bonds. The third-order valence-corrected chi connectivity index (χ3v) is 5.71. The van der Waals surface area contributed by atoms with Gasteiger partial charge in [0.2, 0.25) is 5.91 Å². The summed E-state index contributed by atoms with van der Waals surface area (Å²) in [6.45, 7) is 4.22. The van der Waals surface area contributed by atoms with E-state index < -0.39 is 0 Å². The summed E-state index contributed by atoms with van der Waals surface area (Å²) in [5.41, 5.74) is 3.45. The van der Waals surface area contributed by atoms with Crippen molar-refractivity contribution < 1.29 is 14.4 Å². The van der Waals surface area contributed by atoms with Crippen molar-refractivity contribution >= 4 is 23.3 Å². The van der Waals surface area contributed by atoms with Crippen molar-refractivity contribution in [2.75, 3.05) is 45.2 Å². The van der Waals surface area contributed by atoms with Gasteiger partial charge in [-0.25, -0.2) is 0 Å². The molecule has 2 aromatic carbocycles. The van der Waals surface area contributed by atoms with Gasteiger partial charge in [0, 0.05) is 69.9 Å². The van der Waals surface area contributed by atoms with Crippen LogP contribution in [0.4, 0.5) is 5.69 Å². The van der Waals surface area contributed by atoms with Gasteiger partial charge in [-0.3, -0.25) is 14.4 Å². The van der Waals surface area contributed by atoms with Gasteiger partial charge in [0.15, 0.2) is 5.78 Å². The first-order valence-corrected chi connectivity index (χ1v) is 10.8. The zero-order chi connectivity index (χ0) is 22.4. The molecule has 0 aliphatic carbocycles. The molecule has 0 radical (unpaired) electrons. The number of rotatable bonds is 6. The molecule has 164 valence electrons. The van der Waals surface area contributed by atoms with Crippen molar-refractivity contribution in [3.8, 4) is 0 Å². The Morgan fingerprint density at radius 2 is 1.35 bits per heavy atom. The lowest BCUT2D eigenvalue weighted by Gasteiger charge is -2.22. The second kappa shape index (κ2) is 10.2. The first-order chi connectivity index (χ1) is 14.8. The molecule has 0 unspecified atom stereocenters. The molecular weight excluding hydrogens is 390 g/mol. The van der Waals surface area contributed by atoms with Crippen molar-refractivity contribution in [1.29, 1.82) is 0 Å². The number of Topliss-reactive ketones (excluding diaryl/α,β-unsaturated/α-hetero) is 1. The van der Waals surface area contributed by atoms with E-state index in [1.54, 1.807) is 4.90 Å². The van der Waals surface area contributed by atoms with Gasteiger partial charge in [-0.1, -0.05) is 29.8 Å². The van der Waals surface area contributed by atoms with E-state index in [1.807, 2.05) is 79.3 Å². The van der Waals surface area contributed by atoms with E-state index in [2.05, 4.69) is 0 Å². The molecule has 6 heteroatoms. The largest absolute Gasteiger partial charge is 0.378 e. The summed E-state index contributed by atoms with van der Waals surface area (Å²) >= 11 is 0. The van der Waals surface area contributed by atoms with Gasteiger partial charge in [0.1, 0.15) is 0 Å². The summed E-state index contributed by atoms with van der Waals surface area (Å²) in [6, 6.07) is 15.0. The molecule has 0 atom stereocenters. The fourth-order valence-corrected chi connectivity index (χ4v) is 3.72. The normalized spacial score (nSPS) is 14.2. The number of benzene rings is 2. The highest BCUT2D eigenvalue weighted by Crippen LogP contribution is 2.16. The first kappa shape index (κ1) is 22.5. The second-order valence-electron chi connectivity index (χ2n) is 8.26.